The Kier molecular flexibility index (Phi) is 3.67. The second kappa shape index (κ2) is 3.64. The lowest BCUT2D eigenvalue weighted by Crippen LogP contribution is -2.07. The number of hydrogen-bond acceptors (Lipinski definition) is 0. The topological polar surface area (TPSA) is 0 Å². The molecule has 0 aromatic heterocycles. The van der Waals surface area contributed by atoms with Crippen molar-refractivity contribution in [3.8, 4) is 0 Å². The van der Waals surface area contributed by atoms with E-state index in [9.17, 15) is 0 Å². The van der Waals surface area contributed by atoms with Gasteiger partial charge in [0.05, 0.1) is 0 Å². The first-order valence-electron chi connectivity index (χ1n) is 4.71. The third-order valence-electron chi connectivity index (χ3n) is 1.85. The van der Waals surface area contributed by atoms with Crippen molar-refractivity contribution in [2.24, 2.45) is 5.41 Å². The first kappa shape index (κ1) is 11.1. The van der Waals surface area contributed by atoms with Gasteiger partial charge in [0, 0.05) is 0 Å². The Bertz CT molecular complexity index is 89.0. The largest absolute Gasteiger partial charge is 0.108 e. The lowest BCUT2D eigenvalue weighted by atomic mass is 9.68. The van der Waals surface area contributed by atoms with Gasteiger partial charge in [-0.05, 0) is 11.8 Å². The van der Waals surface area contributed by atoms with Crippen LogP contribution in [-0.2, 0) is 0 Å². The van der Waals surface area contributed by atoms with Gasteiger partial charge in [-0.25, -0.2) is 0 Å². The van der Waals surface area contributed by atoms with E-state index in [1.165, 1.54) is 19.3 Å². The van der Waals surface area contributed by atoms with E-state index < -0.39 is 0 Å². The van der Waals surface area contributed by atoms with Gasteiger partial charge in [0.2, 0.25) is 0 Å². The predicted molar refractivity (Wildman–Crippen MR) is 55.9 cm³/mol. The van der Waals surface area contributed by atoms with Gasteiger partial charge in [0.25, 0.3) is 0 Å². The normalized spacial score (nSPS) is 13.5. The first-order valence-corrected chi connectivity index (χ1v) is 4.71. The van der Waals surface area contributed by atoms with Crippen LogP contribution in [0.3, 0.4) is 0 Å². The van der Waals surface area contributed by atoms with Crippen LogP contribution in [0.15, 0.2) is 0 Å². The van der Waals surface area contributed by atoms with Crippen LogP contribution in [0.2, 0.25) is 5.31 Å². The molecule has 0 aromatic rings. The molecule has 0 fully saturated rings. The summed E-state index contributed by atoms with van der Waals surface area (Å²) < 4.78 is 0. The molecule has 0 saturated heterocycles. The van der Waals surface area contributed by atoms with Crippen molar-refractivity contribution < 1.29 is 0 Å². The van der Waals surface area contributed by atoms with E-state index in [0.29, 0.717) is 10.7 Å². The van der Waals surface area contributed by atoms with E-state index in [-0.39, 0.29) is 0 Å². The van der Waals surface area contributed by atoms with Crippen molar-refractivity contribution in [2.75, 3.05) is 0 Å². The summed E-state index contributed by atoms with van der Waals surface area (Å²) in [5, 5.41) is 0.519. The molecule has 1 heteroatoms. The van der Waals surface area contributed by atoms with Gasteiger partial charge < -0.3 is 0 Å². The molecule has 0 saturated carbocycles. The molecule has 0 rings (SSSR count). The molecule has 0 atom stereocenters. The van der Waals surface area contributed by atoms with Crippen molar-refractivity contribution in [3.05, 3.63) is 0 Å². The zero-order valence-electron chi connectivity index (χ0n) is 9.12. The predicted octanol–water partition coefficient (Wildman–Crippen LogP) is 3.03. The maximum absolute atomic E-state index is 2.32. The Labute approximate surface area is 73.2 Å². The molecule has 0 aliphatic rings. The Balaban J connectivity index is 3.44. The summed E-state index contributed by atoms with van der Waals surface area (Å²) in [6.07, 6.45) is 4.07. The van der Waals surface area contributed by atoms with Gasteiger partial charge >= 0.3 is 0 Å². The van der Waals surface area contributed by atoms with Crippen molar-refractivity contribution in [3.63, 3.8) is 0 Å². The van der Waals surface area contributed by atoms with E-state index >= 15 is 0 Å². The van der Waals surface area contributed by atoms with Gasteiger partial charge in [0.1, 0.15) is 7.85 Å². The first-order chi connectivity index (χ1) is 4.71. The summed E-state index contributed by atoms with van der Waals surface area (Å²) in [4.78, 5) is 0. The molecule has 0 aliphatic heterocycles. The van der Waals surface area contributed by atoms with Crippen molar-refractivity contribution in [1.29, 1.82) is 0 Å². The molecule has 0 bridgehead atoms. The van der Waals surface area contributed by atoms with Gasteiger partial charge in [-0.3, -0.25) is 0 Å². The minimum atomic E-state index is 0.519. The number of hydrogen-bond donors (Lipinski definition) is 0. The van der Waals surface area contributed by atoms with Gasteiger partial charge in [0.15, 0.2) is 0 Å². The highest BCUT2D eigenvalue weighted by atomic mass is 14.2. The van der Waals surface area contributed by atoms with Crippen molar-refractivity contribution in [1.82, 2.24) is 0 Å². The third-order valence-corrected chi connectivity index (χ3v) is 1.85. The molecule has 0 N–H and O–H groups in total. The number of rotatable bonds is 3. The summed E-state index contributed by atoms with van der Waals surface area (Å²) in [5.74, 6) is 0. The average molecular weight is 154 g/mol. The molecule has 66 valence electrons. The van der Waals surface area contributed by atoms with E-state index in [4.69, 9.17) is 0 Å². The molecule has 0 spiro atoms. The maximum Gasteiger partial charge on any atom is 0.108 e. The van der Waals surface area contributed by atoms with Gasteiger partial charge in [-0.2, -0.15) is 0 Å². The Hall–Kier alpha value is 0.0649. The molecule has 0 unspecified atom stereocenters. The zero-order valence-corrected chi connectivity index (χ0v) is 9.12. The molecule has 0 heterocycles. The second-order valence-corrected chi connectivity index (χ2v) is 5.97. The maximum atomic E-state index is 2.32. The van der Waals surface area contributed by atoms with Crippen molar-refractivity contribution in [2.45, 2.75) is 59.2 Å². The standard InChI is InChI=1S/C10H23B/c1-9(2,3)7-6-8-10(4,5)11/h6-8,11H2,1-5H3. The lowest BCUT2D eigenvalue weighted by Gasteiger charge is -2.22. The van der Waals surface area contributed by atoms with Crippen LogP contribution >= 0.6 is 0 Å². The van der Waals surface area contributed by atoms with Gasteiger partial charge in [-0.15, -0.1) is 0 Å². The van der Waals surface area contributed by atoms with Crippen LogP contribution in [-0.4, -0.2) is 7.85 Å². The summed E-state index contributed by atoms with van der Waals surface area (Å²) in [6.45, 7) is 11.6. The molecular formula is C10H23B. The van der Waals surface area contributed by atoms with Crippen LogP contribution in [0.1, 0.15) is 53.9 Å². The Morgan fingerprint density at radius 2 is 1.36 bits per heavy atom. The van der Waals surface area contributed by atoms with Gasteiger partial charge in [-0.1, -0.05) is 52.8 Å². The third kappa shape index (κ3) is 10.1. The van der Waals surface area contributed by atoms with Crippen LogP contribution in [0.5, 0.6) is 0 Å². The highest BCUT2D eigenvalue weighted by Crippen LogP contribution is 2.30. The van der Waals surface area contributed by atoms with E-state index in [1.54, 1.807) is 0 Å². The second-order valence-electron chi connectivity index (χ2n) is 5.97. The molecular weight excluding hydrogens is 131 g/mol. The minimum absolute atomic E-state index is 0.519. The van der Waals surface area contributed by atoms with E-state index in [0.717, 1.165) is 0 Å². The fraction of sp³-hybridized carbons (Fsp3) is 1.00. The summed E-state index contributed by atoms with van der Waals surface area (Å²) in [5.41, 5.74) is 0.519. The van der Waals surface area contributed by atoms with Crippen LogP contribution in [0, 0.1) is 5.41 Å². The highest BCUT2D eigenvalue weighted by molar-refractivity contribution is 6.14. The zero-order chi connectivity index (χ0) is 9.12. The quantitative estimate of drug-likeness (QED) is 0.548. The van der Waals surface area contributed by atoms with E-state index in [2.05, 4.69) is 42.5 Å². The van der Waals surface area contributed by atoms with E-state index in [1.807, 2.05) is 0 Å². The minimum Gasteiger partial charge on any atom is -0.0672 e. The van der Waals surface area contributed by atoms with Crippen molar-refractivity contribution >= 4 is 7.85 Å². The molecule has 0 aliphatic carbocycles. The molecule has 0 radical (unpaired) electrons. The highest BCUT2D eigenvalue weighted by Gasteiger charge is 2.14. The average Bonchev–Trinajstić information content (AvgIpc) is 1.55. The SMILES string of the molecule is BC(C)(C)CCCC(C)(C)C. The fourth-order valence-corrected chi connectivity index (χ4v) is 1.15. The Morgan fingerprint density at radius 3 is 1.64 bits per heavy atom. The molecule has 0 nitrogen and oxygen atoms in total. The molecule has 0 amide bonds. The monoisotopic (exact) mass is 154 g/mol. The summed E-state index contributed by atoms with van der Waals surface area (Å²) in [6, 6.07) is 0. The molecule has 11 heavy (non-hydrogen) atoms. The Morgan fingerprint density at radius 1 is 0.909 bits per heavy atom. The van der Waals surface area contributed by atoms with Crippen LogP contribution in [0.25, 0.3) is 0 Å². The lowest BCUT2D eigenvalue weighted by molar-refractivity contribution is 0.350. The van der Waals surface area contributed by atoms with Crippen LogP contribution < -0.4 is 0 Å². The smallest absolute Gasteiger partial charge is 0.0672 e. The molecule has 0 aromatic carbocycles. The summed E-state index contributed by atoms with van der Waals surface area (Å²) in [7, 11) is 2.32. The summed E-state index contributed by atoms with van der Waals surface area (Å²) >= 11 is 0. The van der Waals surface area contributed by atoms with Crippen LogP contribution in [0.4, 0.5) is 0 Å². The fourth-order valence-electron chi connectivity index (χ4n) is 1.15.